The van der Waals surface area contributed by atoms with Gasteiger partial charge in [0.2, 0.25) is 0 Å². The fourth-order valence-electron chi connectivity index (χ4n) is 1.49. The molecular weight excluding hydrogens is 302 g/mol. The zero-order chi connectivity index (χ0) is 11.5. The summed E-state index contributed by atoms with van der Waals surface area (Å²) in [5.74, 6) is 0. The highest BCUT2D eigenvalue weighted by Gasteiger charge is 2.03. The van der Waals surface area contributed by atoms with E-state index in [2.05, 4.69) is 52.6 Å². The van der Waals surface area contributed by atoms with Crippen molar-refractivity contribution in [3.8, 4) is 0 Å². The monoisotopic (exact) mass is 315 g/mol. The Kier molecular flexibility index (Phi) is 4.19. The van der Waals surface area contributed by atoms with E-state index in [1.165, 1.54) is 24.7 Å². The fraction of sp³-hybridized carbons (Fsp3) is 0.333. The number of hydrogen-bond acceptors (Lipinski definition) is 3. The van der Waals surface area contributed by atoms with Gasteiger partial charge in [0.25, 0.3) is 0 Å². The minimum atomic E-state index is 0.953. The van der Waals surface area contributed by atoms with E-state index in [1.54, 1.807) is 0 Å². The van der Waals surface area contributed by atoms with Crippen LogP contribution < -0.4 is 5.32 Å². The van der Waals surface area contributed by atoms with Gasteiger partial charge in [-0.25, -0.2) is 0 Å². The average molecular weight is 316 g/mol. The summed E-state index contributed by atoms with van der Waals surface area (Å²) in [6.07, 6.45) is 0. The number of hydrogen-bond donors (Lipinski definition) is 1. The van der Waals surface area contributed by atoms with Crippen LogP contribution in [0.25, 0.3) is 0 Å². The normalized spacial score (nSPS) is 10.9. The quantitative estimate of drug-likeness (QED) is 0.877. The number of nitrogens with one attached hydrogen (secondary N) is 1. The SMILES string of the molecule is Cc1cc(CNCc2sccc2C)sc1Br. The number of aryl methyl sites for hydroxylation is 2. The standard InChI is InChI=1S/C12H14BrNS2/c1-8-3-4-15-11(8)7-14-6-10-5-9(2)12(13)16-10/h3-5,14H,6-7H2,1-2H3. The van der Waals surface area contributed by atoms with Gasteiger partial charge >= 0.3 is 0 Å². The Morgan fingerprint density at radius 2 is 2.06 bits per heavy atom. The Morgan fingerprint density at radius 3 is 2.62 bits per heavy atom. The van der Waals surface area contributed by atoms with Crippen LogP contribution >= 0.6 is 38.6 Å². The molecular formula is C12H14BrNS2. The minimum absolute atomic E-state index is 0.953. The highest BCUT2D eigenvalue weighted by atomic mass is 79.9. The van der Waals surface area contributed by atoms with Crippen molar-refractivity contribution in [2.24, 2.45) is 0 Å². The highest BCUT2D eigenvalue weighted by molar-refractivity contribution is 9.11. The van der Waals surface area contributed by atoms with Crippen LogP contribution in [0.2, 0.25) is 0 Å². The summed E-state index contributed by atoms with van der Waals surface area (Å²) in [6.45, 7) is 6.22. The maximum atomic E-state index is 3.55. The zero-order valence-corrected chi connectivity index (χ0v) is 12.6. The summed E-state index contributed by atoms with van der Waals surface area (Å²) < 4.78 is 1.25. The van der Waals surface area contributed by atoms with E-state index < -0.39 is 0 Å². The summed E-state index contributed by atoms with van der Waals surface area (Å²) in [4.78, 5) is 2.82. The summed E-state index contributed by atoms with van der Waals surface area (Å²) in [7, 11) is 0. The molecule has 2 heterocycles. The Balaban J connectivity index is 1.87. The molecule has 0 amide bonds. The summed E-state index contributed by atoms with van der Waals surface area (Å²) in [5.41, 5.74) is 2.72. The first kappa shape index (κ1) is 12.3. The molecule has 86 valence electrons. The van der Waals surface area contributed by atoms with Gasteiger partial charge in [-0.1, -0.05) is 0 Å². The Bertz CT molecular complexity index is 454. The maximum absolute atomic E-state index is 3.55. The molecule has 0 aliphatic carbocycles. The molecule has 1 nitrogen and oxygen atoms in total. The lowest BCUT2D eigenvalue weighted by Gasteiger charge is -2.01. The van der Waals surface area contributed by atoms with Gasteiger partial charge in [0.1, 0.15) is 0 Å². The van der Waals surface area contributed by atoms with E-state index in [0.29, 0.717) is 0 Å². The predicted octanol–water partition coefficient (Wildman–Crippen LogP) is 4.48. The van der Waals surface area contributed by atoms with Crippen molar-refractivity contribution in [1.29, 1.82) is 0 Å². The molecule has 16 heavy (non-hydrogen) atoms. The molecule has 0 fully saturated rings. The molecule has 0 radical (unpaired) electrons. The molecule has 4 heteroatoms. The molecule has 1 N–H and O–H groups in total. The van der Waals surface area contributed by atoms with Crippen LogP contribution in [-0.2, 0) is 13.1 Å². The van der Waals surface area contributed by atoms with Crippen molar-refractivity contribution in [3.63, 3.8) is 0 Å². The van der Waals surface area contributed by atoms with Crippen molar-refractivity contribution in [3.05, 3.63) is 42.2 Å². The van der Waals surface area contributed by atoms with Crippen molar-refractivity contribution >= 4 is 38.6 Å². The van der Waals surface area contributed by atoms with Gasteiger partial charge in [0, 0.05) is 22.8 Å². The summed E-state index contributed by atoms with van der Waals surface area (Å²) in [5, 5.41) is 5.64. The third-order valence-corrected chi connectivity index (χ3v) is 5.62. The second-order valence-electron chi connectivity index (χ2n) is 3.80. The van der Waals surface area contributed by atoms with Gasteiger partial charge in [-0.2, -0.15) is 0 Å². The molecule has 0 saturated heterocycles. The van der Waals surface area contributed by atoms with Gasteiger partial charge in [0.15, 0.2) is 0 Å². The van der Waals surface area contributed by atoms with Crippen LogP contribution in [0.15, 0.2) is 21.3 Å². The van der Waals surface area contributed by atoms with Gasteiger partial charge < -0.3 is 5.32 Å². The van der Waals surface area contributed by atoms with Crippen molar-refractivity contribution < 1.29 is 0 Å². The van der Waals surface area contributed by atoms with Gasteiger partial charge in [-0.3, -0.25) is 0 Å². The van der Waals surface area contributed by atoms with Gasteiger partial charge in [0.05, 0.1) is 3.79 Å². The molecule has 0 saturated carbocycles. The second kappa shape index (κ2) is 5.45. The number of halogens is 1. The third-order valence-electron chi connectivity index (χ3n) is 2.46. The molecule has 0 unspecified atom stereocenters. The molecule has 0 aromatic carbocycles. The molecule has 0 spiro atoms. The van der Waals surface area contributed by atoms with E-state index in [4.69, 9.17) is 0 Å². The molecule has 0 aliphatic heterocycles. The lowest BCUT2D eigenvalue weighted by molar-refractivity contribution is 0.706. The van der Waals surface area contributed by atoms with Gasteiger partial charge in [-0.05, 0) is 58.4 Å². The zero-order valence-electron chi connectivity index (χ0n) is 9.34. The maximum Gasteiger partial charge on any atom is 0.0730 e. The van der Waals surface area contributed by atoms with Crippen molar-refractivity contribution in [1.82, 2.24) is 5.32 Å². The molecule has 0 aliphatic rings. The van der Waals surface area contributed by atoms with E-state index in [0.717, 1.165) is 13.1 Å². The first-order valence-electron chi connectivity index (χ1n) is 5.15. The third kappa shape index (κ3) is 2.94. The molecule has 2 aromatic heterocycles. The first-order valence-corrected chi connectivity index (χ1v) is 7.64. The first-order chi connectivity index (χ1) is 7.66. The van der Waals surface area contributed by atoms with Crippen LogP contribution in [0.1, 0.15) is 20.9 Å². The Hall–Kier alpha value is -0.160. The van der Waals surface area contributed by atoms with Crippen LogP contribution in [0, 0.1) is 13.8 Å². The molecule has 2 aromatic rings. The summed E-state index contributed by atoms with van der Waals surface area (Å²) in [6, 6.07) is 4.41. The largest absolute Gasteiger partial charge is 0.307 e. The average Bonchev–Trinajstić information content (AvgIpc) is 2.76. The predicted molar refractivity (Wildman–Crippen MR) is 76.4 cm³/mol. The van der Waals surface area contributed by atoms with Crippen LogP contribution in [0.5, 0.6) is 0 Å². The van der Waals surface area contributed by atoms with Crippen molar-refractivity contribution in [2.45, 2.75) is 26.9 Å². The minimum Gasteiger partial charge on any atom is -0.307 e. The second-order valence-corrected chi connectivity index (χ2v) is 7.26. The van der Waals surface area contributed by atoms with Crippen molar-refractivity contribution in [2.75, 3.05) is 0 Å². The number of thiophene rings is 2. The smallest absolute Gasteiger partial charge is 0.0730 e. The topological polar surface area (TPSA) is 12.0 Å². The van der Waals surface area contributed by atoms with E-state index in [9.17, 15) is 0 Å². The Morgan fingerprint density at radius 1 is 1.25 bits per heavy atom. The van der Waals surface area contributed by atoms with Crippen LogP contribution in [-0.4, -0.2) is 0 Å². The fourth-order valence-corrected chi connectivity index (χ4v) is 3.97. The molecule has 2 rings (SSSR count). The Labute approximate surface area is 113 Å². The number of rotatable bonds is 4. The van der Waals surface area contributed by atoms with Crippen LogP contribution in [0.3, 0.4) is 0 Å². The van der Waals surface area contributed by atoms with Gasteiger partial charge in [-0.15, -0.1) is 22.7 Å². The van der Waals surface area contributed by atoms with E-state index in [1.807, 2.05) is 22.7 Å². The van der Waals surface area contributed by atoms with E-state index in [-0.39, 0.29) is 0 Å². The highest BCUT2D eigenvalue weighted by Crippen LogP contribution is 2.27. The molecule has 0 bridgehead atoms. The lowest BCUT2D eigenvalue weighted by atomic mass is 10.3. The summed E-state index contributed by atoms with van der Waals surface area (Å²) >= 11 is 7.19. The lowest BCUT2D eigenvalue weighted by Crippen LogP contribution is -2.11. The van der Waals surface area contributed by atoms with E-state index >= 15 is 0 Å². The molecule has 0 atom stereocenters. The van der Waals surface area contributed by atoms with Crippen LogP contribution in [0.4, 0.5) is 0 Å².